The number of benzene rings is 1. The molecule has 0 fully saturated rings. The van der Waals surface area contributed by atoms with Crippen molar-refractivity contribution in [2.75, 3.05) is 4.72 Å². The molecule has 0 amide bonds. The first kappa shape index (κ1) is 14.7. The van der Waals surface area contributed by atoms with Crippen LogP contribution in [0.5, 0.6) is 0 Å². The Morgan fingerprint density at radius 3 is 2.65 bits per heavy atom. The molecule has 0 spiro atoms. The van der Waals surface area contributed by atoms with Crippen LogP contribution in [-0.4, -0.2) is 13.7 Å². The Hall–Kier alpha value is -0.330. The maximum atomic E-state index is 13.6. The van der Waals surface area contributed by atoms with E-state index >= 15 is 0 Å². The number of sulfonamides is 1. The molecule has 1 rings (SSSR count). The van der Waals surface area contributed by atoms with Crippen LogP contribution in [0.1, 0.15) is 20.3 Å². The maximum Gasteiger partial charge on any atom is 0.235 e. The molecule has 96 valence electrons. The highest BCUT2D eigenvalue weighted by molar-refractivity contribution is 9.10. The molecule has 1 aromatic carbocycles. The van der Waals surface area contributed by atoms with Crippen LogP contribution in [0.3, 0.4) is 0 Å². The van der Waals surface area contributed by atoms with Crippen LogP contribution < -0.4 is 4.72 Å². The summed E-state index contributed by atoms with van der Waals surface area (Å²) in [6, 6.07) is 2.60. The molecule has 1 aromatic rings. The Morgan fingerprint density at radius 1 is 1.53 bits per heavy atom. The minimum absolute atomic E-state index is 0.117. The van der Waals surface area contributed by atoms with Crippen LogP contribution in [0.4, 0.5) is 10.1 Å². The van der Waals surface area contributed by atoms with Gasteiger partial charge in [-0.05, 0) is 41.4 Å². The highest BCUT2D eigenvalue weighted by Gasteiger charge is 2.21. The summed E-state index contributed by atoms with van der Waals surface area (Å²) < 4.78 is 39.5. The summed E-state index contributed by atoms with van der Waals surface area (Å²) in [5.74, 6) is -0.679. The Labute approximate surface area is 114 Å². The van der Waals surface area contributed by atoms with Gasteiger partial charge in [-0.3, -0.25) is 4.72 Å². The molecule has 0 aliphatic rings. The molecular formula is C10H12BrClFNO2S. The van der Waals surface area contributed by atoms with Crippen molar-refractivity contribution in [1.82, 2.24) is 0 Å². The van der Waals surface area contributed by atoms with Crippen molar-refractivity contribution >= 4 is 43.2 Å². The van der Waals surface area contributed by atoms with Crippen LogP contribution >= 0.6 is 27.5 Å². The molecule has 7 heteroatoms. The van der Waals surface area contributed by atoms with Crippen LogP contribution in [-0.2, 0) is 10.0 Å². The van der Waals surface area contributed by atoms with Gasteiger partial charge >= 0.3 is 0 Å². The van der Waals surface area contributed by atoms with Gasteiger partial charge in [0, 0.05) is 5.02 Å². The molecular weight excluding hydrogens is 333 g/mol. The number of rotatable bonds is 4. The predicted molar refractivity (Wildman–Crippen MR) is 71.4 cm³/mol. The van der Waals surface area contributed by atoms with E-state index in [1.807, 2.05) is 0 Å². The van der Waals surface area contributed by atoms with Crippen LogP contribution in [0, 0.1) is 5.82 Å². The van der Waals surface area contributed by atoms with Gasteiger partial charge in [-0.25, -0.2) is 12.8 Å². The summed E-state index contributed by atoms with van der Waals surface area (Å²) >= 11 is 8.70. The minimum Gasteiger partial charge on any atom is -0.280 e. The third-order valence-corrected chi connectivity index (χ3v) is 5.04. The zero-order valence-electron chi connectivity index (χ0n) is 9.30. The van der Waals surface area contributed by atoms with Crippen molar-refractivity contribution in [2.24, 2.45) is 0 Å². The van der Waals surface area contributed by atoms with E-state index in [1.165, 1.54) is 12.1 Å². The van der Waals surface area contributed by atoms with Crippen LogP contribution in [0.25, 0.3) is 0 Å². The molecule has 0 saturated heterocycles. The average molecular weight is 345 g/mol. The molecule has 0 bridgehead atoms. The Morgan fingerprint density at radius 2 is 2.12 bits per heavy atom. The molecule has 1 N–H and O–H groups in total. The van der Waals surface area contributed by atoms with Gasteiger partial charge in [-0.1, -0.05) is 18.5 Å². The highest BCUT2D eigenvalue weighted by Crippen LogP contribution is 2.29. The Balaban J connectivity index is 3.12. The summed E-state index contributed by atoms with van der Waals surface area (Å²) in [5.41, 5.74) is -0.148. The summed E-state index contributed by atoms with van der Waals surface area (Å²) in [5, 5.41) is -0.347. The number of anilines is 1. The first-order valence-electron chi connectivity index (χ1n) is 4.94. The van der Waals surface area contributed by atoms with Crippen LogP contribution in [0.2, 0.25) is 5.02 Å². The van der Waals surface area contributed by atoms with E-state index in [0.29, 0.717) is 6.42 Å². The number of hydrogen-bond donors (Lipinski definition) is 1. The maximum absolute atomic E-state index is 13.6. The Kier molecular flexibility index (Phi) is 4.80. The van der Waals surface area contributed by atoms with E-state index in [4.69, 9.17) is 11.6 Å². The lowest BCUT2D eigenvalue weighted by Crippen LogP contribution is -2.25. The monoisotopic (exact) mass is 343 g/mol. The molecule has 1 atom stereocenters. The van der Waals surface area contributed by atoms with Gasteiger partial charge in [0.15, 0.2) is 5.82 Å². The third kappa shape index (κ3) is 3.56. The Bertz CT molecular complexity index is 521. The zero-order valence-corrected chi connectivity index (χ0v) is 12.5. The molecule has 17 heavy (non-hydrogen) atoms. The van der Waals surface area contributed by atoms with Gasteiger partial charge in [0.05, 0.1) is 15.4 Å². The number of halogens is 3. The van der Waals surface area contributed by atoms with Gasteiger partial charge in [0.2, 0.25) is 10.0 Å². The van der Waals surface area contributed by atoms with E-state index in [-0.39, 0.29) is 15.2 Å². The van der Waals surface area contributed by atoms with Crippen molar-refractivity contribution in [2.45, 2.75) is 25.5 Å². The van der Waals surface area contributed by atoms with Crippen molar-refractivity contribution in [3.8, 4) is 0 Å². The van der Waals surface area contributed by atoms with Crippen molar-refractivity contribution in [3.63, 3.8) is 0 Å². The molecule has 0 aromatic heterocycles. The molecule has 3 nitrogen and oxygen atoms in total. The third-order valence-electron chi connectivity index (χ3n) is 2.35. The first-order chi connectivity index (χ1) is 7.77. The molecule has 0 aliphatic carbocycles. The molecule has 0 heterocycles. The lowest BCUT2D eigenvalue weighted by atomic mass is 10.3. The second kappa shape index (κ2) is 5.54. The molecule has 0 aliphatic heterocycles. The molecule has 1 unspecified atom stereocenters. The van der Waals surface area contributed by atoms with E-state index in [0.717, 1.165) is 0 Å². The summed E-state index contributed by atoms with van der Waals surface area (Å²) in [7, 11) is -3.59. The van der Waals surface area contributed by atoms with Gasteiger partial charge < -0.3 is 0 Å². The molecule has 0 radical (unpaired) electrons. The summed E-state index contributed by atoms with van der Waals surface area (Å²) in [6.45, 7) is 3.30. The van der Waals surface area contributed by atoms with Crippen molar-refractivity contribution in [1.29, 1.82) is 0 Å². The largest absolute Gasteiger partial charge is 0.280 e. The lowest BCUT2D eigenvalue weighted by molar-refractivity contribution is 0.584. The second-order valence-corrected chi connectivity index (χ2v) is 7.00. The molecule has 0 saturated carbocycles. The second-order valence-electron chi connectivity index (χ2n) is 3.62. The fourth-order valence-electron chi connectivity index (χ4n) is 1.10. The SMILES string of the molecule is CCC(C)S(=O)(=O)Nc1cc(Cl)cc(Br)c1F. The quantitative estimate of drug-likeness (QED) is 0.845. The number of hydrogen-bond acceptors (Lipinski definition) is 2. The van der Waals surface area contributed by atoms with E-state index in [2.05, 4.69) is 20.7 Å². The number of nitrogens with one attached hydrogen (secondary N) is 1. The smallest absolute Gasteiger partial charge is 0.235 e. The van der Waals surface area contributed by atoms with Gasteiger partial charge in [0.25, 0.3) is 0 Å². The fraction of sp³-hybridized carbons (Fsp3) is 0.400. The van der Waals surface area contributed by atoms with Gasteiger partial charge in [-0.15, -0.1) is 0 Å². The predicted octanol–water partition coefficient (Wildman–Crippen LogP) is 3.78. The van der Waals surface area contributed by atoms with Crippen molar-refractivity contribution < 1.29 is 12.8 Å². The normalized spacial score (nSPS) is 13.5. The fourth-order valence-corrected chi connectivity index (χ4v) is 3.01. The average Bonchev–Trinajstić information content (AvgIpc) is 2.23. The van der Waals surface area contributed by atoms with Gasteiger partial charge in [0.1, 0.15) is 0 Å². The van der Waals surface area contributed by atoms with E-state index < -0.39 is 21.1 Å². The standard InChI is InChI=1S/C10H12BrClFNO2S/c1-3-6(2)17(15,16)14-9-5-7(12)4-8(11)10(9)13/h4-6,14H,3H2,1-2H3. The van der Waals surface area contributed by atoms with Crippen LogP contribution in [0.15, 0.2) is 16.6 Å². The zero-order chi connectivity index (χ0) is 13.2. The topological polar surface area (TPSA) is 46.2 Å². The van der Waals surface area contributed by atoms with E-state index in [1.54, 1.807) is 13.8 Å². The minimum atomic E-state index is -3.59. The lowest BCUT2D eigenvalue weighted by Gasteiger charge is -2.14. The van der Waals surface area contributed by atoms with Gasteiger partial charge in [-0.2, -0.15) is 0 Å². The summed E-state index contributed by atoms with van der Waals surface area (Å²) in [6.07, 6.45) is 0.443. The highest BCUT2D eigenvalue weighted by atomic mass is 79.9. The first-order valence-corrected chi connectivity index (χ1v) is 7.65. The summed E-state index contributed by atoms with van der Waals surface area (Å²) in [4.78, 5) is 0. The van der Waals surface area contributed by atoms with E-state index in [9.17, 15) is 12.8 Å². The van der Waals surface area contributed by atoms with Crippen molar-refractivity contribution in [3.05, 3.63) is 27.4 Å².